The number of rotatable bonds is 5. The quantitative estimate of drug-likeness (QED) is 0.393. The van der Waals surface area contributed by atoms with Crippen LogP contribution in [-0.4, -0.2) is 11.7 Å². The van der Waals surface area contributed by atoms with Crippen molar-refractivity contribution in [2.75, 3.05) is 5.75 Å². The van der Waals surface area contributed by atoms with Gasteiger partial charge in [0.05, 0.1) is 6.42 Å². The van der Waals surface area contributed by atoms with Crippen molar-refractivity contribution in [1.29, 1.82) is 0 Å². The zero-order chi connectivity index (χ0) is 17.9. The fraction of sp³-hybridized carbons (Fsp3) is 0.136. The van der Waals surface area contributed by atoms with Gasteiger partial charge in [0, 0.05) is 26.8 Å². The lowest BCUT2D eigenvalue weighted by Gasteiger charge is -2.15. The summed E-state index contributed by atoms with van der Waals surface area (Å²) in [5.74, 6) is 0.499. The Hall–Kier alpha value is -2.23. The molecule has 4 heteroatoms. The molecule has 3 aromatic rings. The number of benzene rings is 3. The molecule has 0 N–H and O–H groups in total. The number of halogens is 1. The van der Waals surface area contributed by atoms with Gasteiger partial charge in [-0.25, -0.2) is 0 Å². The molecule has 1 aliphatic carbocycles. The van der Waals surface area contributed by atoms with Gasteiger partial charge in [0.1, 0.15) is 0 Å². The van der Waals surface area contributed by atoms with E-state index in [1.54, 1.807) is 11.8 Å². The Labute approximate surface area is 162 Å². The SMILES string of the molecule is O=C(CCSc1ccc(Cl)cc1)OC1c2ccccc2-c2ccccc21. The molecule has 130 valence electrons. The first-order valence-electron chi connectivity index (χ1n) is 8.48. The van der Waals surface area contributed by atoms with Crippen LogP contribution in [0, 0.1) is 0 Å². The zero-order valence-electron chi connectivity index (χ0n) is 14.0. The van der Waals surface area contributed by atoms with Crippen molar-refractivity contribution >= 4 is 29.3 Å². The fourth-order valence-electron chi connectivity index (χ4n) is 3.21. The number of ether oxygens (including phenoxy) is 1. The molecular weight excluding hydrogens is 364 g/mol. The predicted molar refractivity (Wildman–Crippen MR) is 107 cm³/mol. The van der Waals surface area contributed by atoms with Gasteiger partial charge in [-0.2, -0.15) is 0 Å². The van der Waals surface area contributed by atoms with Crippen LogP contribution >= 0.6 is 23.4 Å². The molecule has 3 aromatic carbocycles. The number of esters is 1. The summed E-state index contributed by atoms with van der Waals surface area (Å²) in [6, 6.07) is 23.9. The summed E-state index contributed by atoms with van der Waals surface area (Å²) in [5, 5.41) is 0.715. The molecule has 0 heterocycles. The number of hydrogen-bond acceptors (Lipinski definition) is 3. The van der Waals surface area contributed by atoms with Crippen LogP contribution in [0.15, 0.2) is 77.7 Å². The highest BCUT2D eigenvalue weighted by Crippen LogP contribution is 2.45. The lowest BCUT2D eigenvalue weighted by molar-refractivity contribution is -0.146. The van der Waals surface area contributed by atoms with Crippen LogP contribution in [0.25, 0.3) is 11.1 Å². The van der Waals surface area contributed by atoms with Gasteiger partial charge >= 0.3 is 5.97 Å². The molecule has 0 saturated heterocycles. The third-order valence-electron chi connectivity index (χ3n) is 4.41. The predicted octanol–water partition coefficient (Wildman–Crippen LogP) is 6.14. The maximum Gasteiger partial charge on any atom is 0.307 e. The molecule has 4 rings (SSSR count). The average molecular weight is 381 g/mol. The van der Waals surface area contributed by atoms with Gasteiger partial charge in [0.2, 0.25) is 0 Å². The van der Waals surface area contributed by atoms with Crippen molar-refractivity contribution in [3.8, 4) is 11.1 Å². The lowest BCUT2D eigenvalue weighted by Crippen LogP contribution is -2.11. The number of fused-ring (bicyclic) bond motifs is 3. The maximum absolute atomic E-state index is 12.4. The maximum atomic E-state index is 12.4. The van der Waals surface area contributed by atoms with Gasteiger partial charge in [0.25, 0.3) is 0 Å². The lowest BCUT2D eigenvalue weighted by atomic mass is 10.1. The van der Waals surface area contributed by atoms with E-state index in [2.05, 4.69) is 12.1 Å². The highest BCUT2D eigenvalue weighted by atomic mass is 35.5. The van der Waals surface area contributed by atoms with Gasteiger partial charge in [-0.15, -0.1) is 11.8 Å². The molecular formula is C22H17ClO2S. The molecule has 0 unspecified atom stereocenters. The first kappa shape index (κ1) is 17.2. The summed E-state index contributed by atoms with van der Waals surface area (Å²) in [5.41, 5.74) is 4.42. The zero-order valence-corrected chi connectivity index (χ0v) is 15.6. The molecule has 2 nitrogen and oxygen atoms in total. The normalized spacial score (nSPS) is 12.5. The van der Waals surface area contributed by atoms with E-state index in [4.69, 9.17) is 16.3 Å². The van der Waals surface area contributed by atoms with Crippen LogP contribution in [0.4, 0.5) is 0 Å². The molecule has 0 radical (unpaired) electrons. The van der Waals surface area contributed by atoms with Crippen molar-refractivity contribution in [2.45, 2.75) is 17.4 Å². The average Bonchev–Trinajstić information content (AvgIpc) is 2.98. The van der Waals surface area contributed by atoms with Crippen LogP contribution in [0.2, 0.25) is 5.02 Å². The Morgan fingerprint density at radius 1 is 0.885 bits per heavy atom. The summed E-state index contributed by atoms with van der Waals surface area (Å²) in [4.78, 5) is 13.5. The number of thioether (sulfide) groups is 1. The molecule has 0 amide bonds. The van der Waals surface area contributed by atoms with Gasteiger partial charge in [-0.3, -0.25) is 4.79 Å². The van der Waals surface area contributed by atoms with Crippen LogP contribution in [0.1, 0.15) is 23.7 Å². The largest absolute Gasteiger partial charge is 0.452 e. The summed E-state index contributed by atoms with van der Waals surface area (Å²) in [6.45, 7) is 0. The minimum atomic E-state index is -0.310. The summed E-state index contributed by atoms with van der Waals surface area (Å²) < 4.78 is 5.85. The second kappa shape index (κ2) is 7.56. The molecule has 0 saturated carbocycles. The Balaban J connectivity index is 1.42. The van der Waals surface area contributed by atoms with E-state index in [0.29, 0.717) is 17.2 Å². The molecule has 0 bridgehead atoms. The number of hydrogen-bond donors (Lipinski definition) is 0. The molecule has 1 aliphatic rings. The van der Waals surface area contributed by atoms with Crippen LogP contribution in [0.3, 0.4) is 0 Å². The summed E-state index contributed by atoms with van der Waals surface area (Å²) in [6.07, 6.45) is 0.0594. The van der Waals surface area contributed by atoms with Crippen LogP contribution in [0.5, 0.6) is 0 Å². The van der Waals surface area contributed by atoms with E-state index in [1.165, 1.54) is 0 Å². The molecule has 0 aromatic heterocycles. The van der Waals surface area contributed by atoms with Gasteiger partial charge in [-0.05, 0) is 35.4 Å². The molecule has 0 atom stereocenters. The summed E-state index contributed by atoms with van der Waals surface area (Å²) in [7, 11) is 0. The van der Waals surface area contributed by atoms with Crippen LogP contribution in [-0.2, 0) is 9.53 Å². The van der Waals surface area contributed by atoms with Crippen molar-refractivity contribution < 1.29 is 9.53 Å². The Kier molecular flexibility index (Phi) is 5.00. The molecule has 0 fully saturated rings. The van der Waals surface area contributed by atoms with E-state index in [1.807, 2.05) is 60.7 Å². The third-order valence-corrected chi connectivity index (χ3v) is 5.68. The van der Waals surface area contributed by atoms with Gasteiger partial charge in [0.15, 0.2) is 6.10 Å². The second-order valence-electron chi connectivity index (χ2n) is 6.10. The highest BCUT2D eigenvalue weighted by Gasteiger charge is 2.30. The molecule has 26 heavy (non-hydrogen) atoms. The second-order valence-corrected chi connectivity index (χ2v) is 7.70. The highest BCUT2D eigenvalue weighted by molar-refractivity contribution is 7.99. The van der Waals surface area contributed by atoms with Gasteiger partial charge < -0.3 is 4.74 Å². The Bertz CT molecular complexity index is 891. The van der Waals surface area contributed by atoms with E-state index in [-0.39, 0.29) is 12.1 Å². The van der Waals surface area contributed by atoms with E-state index < -0.39 is 0 Å². The number of carbonyl (C=O) groups excluding carboxylic acids is 1. The minimum absolute atomic E-state index is 0.178. The van der Waals surface area contributed by atoms with Crippen molar-refractivity contribution in [3.05, 3.63) is 88.9 Å². The van der Waals surface area contributed by atoms with Crippen molar-refractivity contribution in [1.82, 2.24) is 0 Å². The first-order chi connectivity index (χ1) is 12.7. The smallest absolute Gasteiger partial charge is 0.307 e. The third kappa shape index (κ3) is 3.50. The van der Waals surface area contributed by atoms with Crippen molar-refractivity contribution in [3.63, 3.8) is 0 Å². The van der Waals surface area contributed by atoms with Crippen molar-refractivity contribution in [2.24, 2.45) is 0 Å². The summed E-state index contributed by atoms with van der Waals surface area (Å²) >= 11 is 7.52. The number of carbonyl (C=O) groups is 1. The van der Waals surface area contributed by atoms with E-state index >= 15 is 0 Å². The van der Waals surface area contributed by atoms with E-state index in [0.717, 1.165) is 27.1 Å². The minimum Gasteiger partial charge on any atom is -0.452 e. The van der Waals surface area contributed by atoms with E-state index in [9.17, 15) is 4.79 Å². The Morgan fingerprint density at radius 2 is 1.46 bits per heavy atom. The fourth-order valence-corrected chi connectivity index (χ4v) is 4.17. The first-order valence-corrected chi connectivity index (χ1v) is 9.85. The Morgan fingerprint density at radius 3 is 2.08 bits per heavy atom. The molecule has 0 spiro atoms. The standard InChI is InChI=1S/C22H17ClO2S/c23-15-9-11-16(12-10-15)26-14-13-21(24)25-22-19-7-3-1-5-17(19)18-6-2-4-8-20(18)22/h1-12,22H,13-14H2. The topological polar surface area (TPSA) is 26.3 Å². The molecule has 0 aliphatic heterocycles. The van der Waals surface area contributed by atoms with Gasteiger partial charge in [-0.1, -0.05) is 60.1 Å². The van der Waals surface area contributed by atoms with Crippen LogP contribution < -0.4 is 0 Å². The monoisotopic (exact) mass is 380 g/mol.